The second kappa shape index (κ2) is 7.14. The molecule has 0 aliphatic rings. The van der Waals surface area contributed by atoms with Crippen molar-refractivity contribution < 1.29 is 4.79 Å². The van der Waals surface area contributed by atoms with E-state index in [1.54, 1.807) is 11.8 Å². The van der Waals surface area contributed by atoms with Crippen LogP contribution >= 0.6 is 27.7 Å². The van der Waals surface area contributed by atoms with Gasteiger partial charge in [0.1, 0.15) is 0 Å². The lowest BCUT2D eigenvalue weighted by Gasteiger charge is -2.29. The van der Waals surface area contributed by atoms with E-state index < -0.39 is 5.54 Å². The molecule has 21 heavy (non-hydrogen) atoms. The number of halogens is 1. The van der Waals surface area contributed by atoms with Crippen LogP contribution in [-0.4, -0.2) is 17.5 Å². The highest BCUT2D eigenvalue weighted by molar-refractivity contribution is 9.09. The summed E-state index contributed by atoms with van der Waals surface area (Å²) in [7, 11) is 0. The molecule has 0 bridgehead atoms. The van der Waals surface area contributed by atoms with Gasteiger partial charge in [-0.25, -0.2) is 0 Å². The fourth-order valence-electron chi connectivity index (χ4n) is 2.14. The molecule has 2 nitrogen and oxygen atoms in total. The smallest absolute Gasteiger partial charge is 0.253 e. The van der Waals surface area contributed by atoms with Crippen molar-refractivity contribution in [2.75, 3.05) is 11.6 Å². The van der Waals surface area contributed by atoms with E-state index in [2.05, 4.69) is 21.2 Å². The van der Waals surface area contributed by atoms with Crippen LogP contribution in [0, 0.1) is 0 Å². The molecule has 2 rings (SSSR count). The summed E-state index contributed by atoms with van der Waals surface area (Å²) in [5, 5.41) is 3.80. The number of thioether (sulfide) groups is 1. The van der Waals surface area contributed by atoms with Crippen molar-refractivity contribution in [3.8, 4) is 0 Å². The fourth-order valence-corrected chi connectivity index (χ4v) is 3.20. The minimum atomic E-state index is -0.441. The van der Waals surface area contributed by atoms with Crippen LogP contribution < -0.4 is 5.32 Å². The molecule has 0 spiro atoms. The van der Waals surface area contributed by atoms with E-state index in [0.717, 1.165) is 10.5 Å². The first-order valence-corrected chi connectivity index (χ1v) is 9.02. The van der Waals surface area contributed by atoms with Gasteiger partial charge in [-0.2, -0.15) is 0 Å². The summed E-state index contributed by atoms with van der Waals surface area (Å²) in [6.45, 7) is 2.02. The monoisotopic (exact) mass is 363 g/mol. The molecule has 0 aliphatic carbocycles. The molecule has 0 heterocycles. The van der Waals surface area contributed by atoms with Crippen LogP contribution in [0.3, 0.4) is 0 Å². The molecule has 1 unspecified atom stereocenters. The molecule has 0 radical (unpaired) electrons. The zero-order valence-electron chi connectivity index (χ0n) is 12.1. The average Bonchev–Trinajstić information content (AvgIpc) is 2.55. The van der Waals surface area contributed by atoms with Gasteiger partial charge in [-0.3, -0.25) is 4.79 Å². The van der Waals surface area contributed by atoms with Crippen LogP contribution in [0.15, 0.2) is 59.5 Å². The van der Waals surface area contributed by atoms with E-state index in [9.17, 15) is 4.79 Å². The zero-order chi connectivity index (χ0) is 15.3. The lowest BCUT2D eigenvalue weighted by atomic mass is 9.94. The summed E-state index contributed by atoms with van der Waals surface area (Å²) < 4.78 is 0. The highest BCUT2D eigenvalue weighted by Crippen LogP contribution is 2.25. The van der Waals surface area contributed by atoms with E-state index in [4.69, 9.17) is 0 Å². The number of hydrogen-bond donors (Lipinski definition) is 1. The van der Waals surface area contributed by atoms with Crippen molar-refractivity contribution in [2.45, 2.75) is 17.4 Å². The summed E-state index contributed by atoms with van der Waals surface area (Å²) in [6, 6.07) is 17.7. The molecule has 0 aromatic heterocycles. The van der Waals surface area contributed by atoms with E-state index >= 15 is 0 Å². The molecule has 2 aromatic rings. The molecule has 0 fully saturated rings. The first kappa shape index (κ1) is 16.1. The van der Waals surface area contributed by atoms with Crippen molar-refractivity contribution >= 4 is 33.6 Å². The summed E-state index contributed by atoms with van der Waals surface area (Å²) in [5.74, 6) is -0.0502. The number of amides is 1. The van der Waals surface area contributed by atoms with Gasteiger partial charge in [0, 0.05) is 10.2 Å². The number of rotatable bonds is 5. The van der Waals surface area contributed by atoms with Crippen LogP contribution in [0.2, 0.25) is 0 Å². The van der Waals surface area contributed by atoms with Crippen molar-refractivity contribution in [3.63, 3.8) is 0 Å². The molecular formula is C17H18BrNOS. The summed E-state index contributed by atoms with van der Waals surface area (Å²) in [6.07, 6.45) is 1.98. The van der Waals surface area contributed by atoms with Gasteiger partial charge in [0.2, 0.25) is 0 Å². The Bertz CT molecular complexity index is 617. The number of alkyl halides is 1. The topological polar surface area (TPSA) is 29.1 Å². The quantitative estimate of drug-likeness (QED) is 0.627. The Kier molecular flexibility index (Phi) is 5.48. The van der Waals surface area contributed by atoms with E-state index in [-0.39, 0.29) is 5.91 Å². The van der Waals surface area contributed by atoms with Crippen molar-refractivity contribution in [1.82, 2.24) is 5.32 Å². The van der Waals surface area contributed by atoms with E-state index in [1.807, 2.05) is 67.8 Å². The SMILES string of the molecule is CSc1ccccc1C(=O)NC(C)(CBr)c1ccccc1. The standard InChI is InChI=1S/C17H18BrNOS/c1-17(12-18,13-8-4-3-5-9-13)19-16(20)14-10-6-7-11-15(14)21-2/h3-11H,12H2,1-2H3,(H,19,20). The van der Waals surface area contributed by atoms with Gasteiger partial charge in [0.25, 0.3) is 5.91 Å². The van der Waals surface area contributed by atoms with Crippen molar-refractivity contribution in [2.24, 2.45) is 0 Å². The van der Waals surface area contributed by atoms with E-state index in [0.29, 0.717) is 10.9 Å². The Labute approximate surface area is 138 Å². The third-order valence-corrected chi connectivity index (χ3v) is 5.34. The number of carbonyl (C=O) groups is 1. The van der Waals surface area contributed by atoms with E-state index in [1.165, 1.54) is 0 Å². The highest BCUT2D eigenvalue weighted by atomic mass is 79.9. The van der Waals surface area contributed by atoms with Gasteiger partial charge >= 0.3 is 0 Å². The number of hydrogen-bond acceptors (Lipinski definition) is 2. The largest absolute Gasteiger partial charge is 0.342 e. The normalized spacial score (nSPS) is 13.5. The summed E-state index contributed by atoms with van der Waals surface area (Å²) in [4.78, 5) is 13.6. The number of carbonyl (C=O) groups excluding carboxylic acids is 1. The Morgan fingerprint density at radius 3 is 2.38 bits per heavy atom. The lowest BCUT2D eigenvalue weighted by molar-refractivity contribution is 0.0911. The Balaban J connectivity index is 2.28. The molecule has 1 atom stereocenters. The van der Waals surface area contributed by atoms with Crippen molar-refractivity contribution in [1.29, 1.82) is 0 Å². The van der Waals surface area contributed by atoms with Gasteiger partial charge in [-0.05, 0) is 30.9 Å². The Hall–Kier alpha value is -1.26. The lowest BCUT2D eigenvalue weighted by Crippen LogP contribution is -2.45. The third kappa shape index (κ3) is 3.69. The maximum Gasteiger partial charge on any atom is 0.253 e. The molecule has 4 heteroatoms. The molecular weight excluding hydrogens is 346 g/mol. The molecule has 1 amide bonds. The first-order valence-electron chi connectivity index (χ1n) is 6.68. The number of benzene rings is 2. The van der Waals surface area contributed by atoms with Gasteiger partial charge in [0.05, 0.1) is 11.1 Å². The molecule has 1 N–H and O–H groups in total. The molecule has 0 saturated carbocycles. The Morgan fingerprint density at radius 2 is 1.76 bits per heavy atom. The van der Waals surface area contributed by atoms with Crippen LogP contribution in [0.4, 0.5) is 0 Å². The van der Waals surface area contributed by atoms with Gasteiger partial charge in [-0.1, -0.05) is 58.4 Å². The molecule has 0 saturated heterocycles. The zero-order valence-corrected chi connectivity index (χ0v) is 14.5. The van der Waals surface area contributed by atoms with Gasteiger partial charge in [0.15, 0.2) is 0 Å². The molecule has 2 aromatic carbocycles. The van der Waals surface area contributed by atoms with Gasteiger partial charge in [-0.15, -0.1) is 11.8 Å². The molecule has 110 valence electrons. The first-order chi connectivity index (χ1) is 10.1. The van der Waals surface area contributed by atoms with Crippen LogP contribution in [0.1, 0.15) is 22.8 Å². The highest BCUT2D eigenvalue weighted by Gasteiger charge is 2.28. The second-order valence-electron chi connectivity index (χ2n) is 4.99. The number of nitrogens with one attached hydrogen (secondary N) is 1. The maximum atomic E-state index is 12.6. The second-order valence-corrected chi connectivity index (χ2v) is 6.39. The maximum absolute atomic E-state index is 12.6. The minimum absolute atomic E-state index is 0.0502. The van der Waals surface area contributed by atoms with Gasteiger partial charge < -0.3 is 5.32 Å². The molecule has 0 aliphatic heterocycles. The third-order valence-electron chi connectivity index (χ3n) is 3.42. The average molecular weight is 364 g/mol. The van der Waals surface area contributed by atoms with Crippen LogP contribution in [0.5, 0.6) is 0 Å². The Morgan fingerprint density at radius 1 is 1.14 bits per heavy atom. The predicted molar refractivity (Wildman–Crippen MR) is 93.3 cm³/mol. The van der Waals surface area contributed by atoms with Crippen LogP contribution in [-0.2, 0) is 5.54 Å². The van der Waals surface area contributed by atoms with Crippen LogP contribution in [0.25, 0.3) is 0 Å². The summed E-state index contributed by atoms with van der Waals surface area (Å²) >= 11 is 5.11. The summed E-state index contributed by atoms with van der Waals surface area (Å²) in [5.41, 5.74) is 1.36. The fraction of sp³-hybridized carbons (Fsp3) is 0.235. The van der Waals surface area contributed by atoms with Crippen molar-refractivity contribution in [3.05, 3.63) is 65.7 Å². The minimum Gasteiger partial charge on any atom is -0.342 e. The predicted octanol–water partition coefficient (Wildman–Crippen LogP) is 4.45.